The molecule has 1 aromatic heterocycles. The van der Waals surface area contributed by atoms with Crippen molar-refractivity contribution in [1.29, 1.82) is 0 Å². The van der Waals surface area contributed by atoms with Crippen LogP contribution < -0.4 is 30.3 Å². The molecule has 194 valence electrons. The SMILES string of the molecule is COc1cccc([C@@H]2C(C(=O)Nc3ccccc3)=C(C)N=c3s/c(=C4\C(=O)Nc5ccc(Cl)cc54)c(=O)n32)c1. The highest BCUT2D eigenvalue weighted by molar-refractivity contribution is 7.07. The number of anilines is 2. The van der Waals surface area contributed by atoms with Crippen molar-refractivity contribution in [3.63, 3.8) is 0 Å². The molecule has 0 radical (unpaired) electrons. The summed E-state index contributed by atoms with van der Waals surface area (Å²) >= 11 is 7.33. The molecule has 3 aromatic carbocycles. The number of benzene rings is 3. The van der Waals surface area contributed by atoms with Gasteiger partial charge in [0.05, 0.1) is 30.0 Å². The maximum absolute atomic E-state index is 14.1. The van der Waals surface area contributed by atoms with Gasteiger partial charge in [-0.15, -0.1) is 0 Å². The van der Waals surface area contributed by atoms with Gasteiger partial charge in [0.15, 0.2) is 4.80 Å². The summed E-state index contributed by atoms with van der Waals surface area (Å²) in [5.41, 5.74) is 2.99. The van der Waals surface area contributed by atoms with Crippen molar-refractivity contribution in [1.82, 2.24) is 4.57 Å². The summed E-state index contributed by atoms with van der Waals surface area (Å²) < 4.78 is 7.14. The molecule has 39 heavy (non-hydrogen) atoms. The number of aromatic nitrogens is 1. The number of nitrogens with zero attached hydrogens (tertiary/aromatic N) is 2. The van der Waals surface area contributed by atoms with Gasteiger partial charge in [0.25, 0.3) is 17.4 Å². The van der Waals surface area contributed by atoms with Gasteiger partial charge in [-0.25, -0.2) is 4.99 Å². The summed E-state index contributed by atoms with van der Waals surface area (Å²) in [6, 6.07) is 20.5. The molecule has 8 nitrogen and oxygen atoms in total. The second-order valence-corrected chi connectivity index (χ2v) is 10.4. The average Bonchev–Trinajstić information content (AvgIpc) is 3.42. The van der Waals surface area contributed by atoms with E-state index < -0.39 is 17.5 Å². The second-order valence-electron chi connectivity index (χ2n) is 9.02. The van der Waals surface area contributed by atoms with Crippen LogP contribution in [0.2, 0.25) is 5.02 Å². The molecule has 0 unspecified atom stereocenters. The van der Waals surface area contributed by atoms with Gasteiger partial charge in [-0.2, -0.15) is 0 Å². The van der Waals surface area contributed by atoms with Crippen molar-refractivity contribution in [3.05, 3.63) is 120 Å². The van der Waals surface area contributed by atoms with Gasteiger partial charge in [-0.05, 0) is 55.0 Å². The number of hydrogen-bond donors (Lipinski definition) is 2. The monoisotopic (exact) mass is 556 g/mol. The van der Waals surface area contributed by atoms with E-state index >= 15 is 0 Å². The van der Waals surface area contributed by atoms with Crippen LogP contribution in [0, 0.1) is 0 Å². The first-order valence-electron chi connectivity index (χ1n) is 12.0. The zero-order chi connectivity index (χ0) is 27.3. The van der Waals surface area contributed by atoms with Gasteiger partial charge in [0.2, 0.25) is 0 Å². The maximum Gasteiger partial charge on any atom is 0.271 e. The summed E-state index contributed by atoms with van der Waals surface area (Å²) in [4.78, 5) is 45.9. The van der Waals surface area contributed by atoms with Gasteiger partial charge >= 0.3 is 0 Å². The number of fused-ring (bicyclic) bond motifs is 2. The molecule has 2 N–H and O–H groups in total. The van der Waals surface area contributed by atoms with E-state index in [-0.39, 0.29) is 16.0 Å². The molecule has 0 aliphatic carbocycles. The van der Waals surface area contributed by atoms with Crippen molar-refractivity contribution >= 4 is 51.7 Å². The number of allylic oxidation sites excluding steroid dienone is 1. The molecular weight excluding hydrogens is 536 g/mol. The van der Waals surface area contributed by atoms with Gasteiger partial charge in [0.1, 0.15) is 10.3 Å². The molecular formula is C29H21ClN4O4S. The molecule has 2 aliphatic heterocycles. The first-order chi connectivity index (χ1) is 18.9. The normalized spacial score (nSPS) is 17.2. The third kappa shape index (κ3) is 4.25. The van der Waals surface area contributed by atoms with Gasteiger partial charge in [-0.3, -0.25) is 19.0 Å². The van der Waals surface area contributed by atoms with E-state index in [2.05, 4.69) is 15.6 Å². The minimum absolute atomic E-state index is 0.220. The number of carbonyl (C=O) groups excluding carboxylic acids is 2. The molecule has 0 saturated heterocycles. The van der Waals surface area contributed by atoms with Crippen LogP contribution in [-0.4, -0.2) is 23.5 Å². The number of hydrogen-bond acceptors (Lipinski definition) is 6. The number of nitrogens with one attached hydrogen (secondary N) is 2. The zero-order valence-electron chi connectivity index (χ0n) is 20.8. The Morgan fingerprint density at radius 3 is 2.64 bits per heavy atom. The Balaban J connectivity index is 1.60. The fraction of sp³-hybridized carbons (Fsp3) is 0.103. The molecule has 0 bridgehead atoms. The van der Waals surface area contributed by atoms with Crippen molar-refractivity contribution in [2.45, 2.75) is 13.0 Å². The second kappa shape index (κ2) is 9.68. The number of ether oxygens (including phenoxy) is 1. The van der Waals surface area contributed by atoms with Crippen LogP contribution in [0.15, 0.2) is 93.9 Å². The highest BCUT2D eigenvalue weighted by Crippen LogP contribution is 2.34. The number of halogens is 1. The molecule has 2 amide bonds. The Labute approximate surface area is 231 Å². The molecule has 4 aromatic rings. The third-order valence-corrected chi connectivity index (χ3v) is 7.92. The Kier molecular flexibility index (Phi) is 6.17. The minimum Gasteiger partial charge on any atom is -0.497 e. The summed E-state index contributed by atoms with van der Waals surface area (Å²) in [5.74, 6) is -0.203. The van der Waals surface area contributed by atoms with E-state index in [1.807, 2.05) is 24.3 Å². The van der Waals surface area contributed by atoms with Crippen LogP contribution in [0.1, 0.15) is 24.1 Å². The van der Waals surface area contributed by atoms with E-state index in [0.717, 1.165) is 11.3 Å². The van der Waals surface area contributed by atoms with Crippen molar-refractivity contribution in [3.8, 4) is 5.75 Å². The minimum atomic E-state index is -0.808. The highest BCUT2D eigenvalue weighted by atomic mass is 35.5. The van der Waals surface area contributed by atoms with Gasteiger partial charge in [0, 0.05) is 22.0 Å². The molecule has 0 saturated carbocycles. The van der Waals surface area contributed by atoms with Gasteiger partial charge in [-0.1, -0.05) is 53.3 Å². The molecule has 0 spiro atoms. The van der Waals surface area contributed by atoms with Gasteiger partial charge < -0.3 is 15.4 Å². The Bertz CT molecular complexity index is 1890. The number of para-hydroxylation sites is 1. The van der Waals surface area contributed by atoms with Crippen LogP contribution in [0.5, 0.6) is 5.75 Å². The zero-order valence-corrected chi connectivity index (χ0v) is 22.4. The highest BCUT2D eigenvalue weighted by Gasteiger charge is 2.34. The average molecular weight is 557 g/mol. The maximum atomic E-state index is 14.1. The quantitative estimate of drug-likeness (QED) is 0.398. The van der Waals surface area contributed by atoms with Crippen LogP contribution in [0.25, 0.3) is 5.57 Å². The Morgan fingerprint density at radius 1 is 1.08 bits per heavy atom. The van der Waals surface area contributed by atoms with E-state index in [0.29, 0.717) is 49.3 Å². The number of amides is 2. The first kappa shape index (κ1) is 24.8. The molecule has 2 aliphatic rings. The topological polar surface area (TPSA) is 102 Å². The van der Waals surface area contributed by atoms with E-state index in [1.165, 1.54) is 4.57 Å². The lowest BCUT2D eigenvalue weighted by Gasteiger charge is -2.25. The third-order valence-electron chi connectivity index (χ3n) is 6.64. The molecule has 3 heterocycles. The number of thiazole rings is 1. The predicted molar refractivity (Wildman–Crippen MR) is 151 cm³/mol. The van der Waals surface area contributed by atoms with E-state index in [4.69, 9.17) is 16.3 Å². The predicted octanol–water partition coefficient (Wildman–Crippen LogP) is 3.86. The Morgan fingerprint density at radius 2 is 1.87 bits per heavy atom. The number of carbonyl (C=O) groups is 2. The number of methoxy groups -OCH3 is 1. The fourth-order valence-corrected chi connectivity index (χ4v) is 6.19. The smallest absolute Gasteiger partial charge is 0.271 e. The lowest BCUT2D eigenvalue weighted by molar-refractivity contribution is -0.113. The molecule has 0 fully saturated rings. The lowest BCUT2D eigenvalue weighted by atomic mass is 9.95. The fourth-order valence-electron chi connectivity index (χ4n) is 4.87. The van der Waals surface area contributed by atoms with E-state index in [1.54, 1.807) is 62.6 Å². The molecule has 1 atom stereocenters. The van der Waals surface area contributed by atoms with E-state index in [9.17, 15) is 14.4 Å². The standard InChI is InChI=1S/C29H21ClN4O4S/c1-15-22(26(35)32-18-8-4-3-5-9-18)24(16-7-6-10-19(13-16)38-2)34-28(37)25(39-29(34)31-15)23-20-14-17(30)11-12-21(20)33-27(23)36/h3-14,24H,1-2H3,(H,32,35)(H,33,36)/b25-23-/t24-/m1/s1. The molecule has 6 rings (SSSR count). The van der Waals surface area contributed by atoms with Crippen LogP contribution >= 0.6 is 22.9 Å². The summed E-state index contributed by atoms with van der Waals surface area (Å²) in [7, 11) is 1.55. The summed E-state index contributed by atoms with van der Waals surface area (Å²) in [6.07, 6.45) is 0. The summed E-state index contributed by atoms with van der Waals surface area (Å²) in [6.45, 7) is 1.74. The van der Waals surface area contributed by atoms with Crippen molar-refractivity contribution in [2.24, 2.45) is 4.99 Å². The van der Waals surface area contributed by atoms with Crippen molar-refractivity contribution < 1.29 is 14.3 Å². The number of rotatable bonds is 4. The largest absolute Gasteiger partial charge is 0.497 e. The lowest BCUT2D eigenvalue weighted by Crippen LogP contribution is -2.41. The van der Waals surface area contributed by atoms with Crippen molar-refractivity contribution in [2.75, 3.05) is 17.7 Å². The van der Waals surface area contributed by atoms with Crippen LogP contribution in [0.4, 0.5) is 11.4 Å². The van der Waals surface area contributed by atoms with Crippen LogP contribution in [-0.2, 0) is 9.59 Å². The first-order valence-corrected chi connectivity index (χ1v) is 13.2. The Hall–Kier alpha value is -4.47. The summed E-state index contributed by atoms with van der Waals surface area (Å²) in [5, 5.41) is 6.17. The molecule has 10 heteroatoms. The van der Waals surface area contributed by atoms with Crippen LogP contribution in [0.3, 0.4) is 0 Å².